The Hall–Kier alpha value is -1.67. The highest BCUT2D eigenvalue weighted by Crippen LogP contribution is 2.21. The largest absolute Gasteiger partial charge is 0.335 e. The minimum Gasteiger partial charge on any atom is -0.335 e. The maximum absolute atomic E-state index is 12.2. The number of sulfonamides is 1. The molecule has 0 spiro atoms. The summed E-state index contributed by atoms with van der Waals surface area (Å²) in [6.07, 6.45) is 0. The first-order chi connectivity index (χ1) is 9.79. The third-order valence-corrected chi connectivity index (χ3v) is 5.32. The summed E-state index contributed by atoms with van der Waals surface area (Å²) in [4.78, 5) is 15.9. The average molecular weight is 327 g/mol. The first-order valence-corrected chi connectivity index (χ1v) is 8.82. The number of rotatable bonds is 4. The number of hydrogen-bond acceptors (Lipinski definition) is 5. The zero-order valence-corrected chi connectivity index (χ0v) is 13.6. The van der Waals surface area contributed by atoms with Crippen LogP contribution in [0.25, 0.3) is 10.2 Å². The van der Waals surface area contributed by atoms with Gasteiger partial charge in [0.2, 0.25) is 0 Å². The number of hydrogen-bond donors (Lipinski definition) is 2. The van der Waals surface area contributed by atoms with Gasteiger partial charge in [0.15, 0.2) is 0 Å². The molecule has 0 fully saturated rings. The summed E-state index contributed by atoms with van der Waals surface area (Å²) in [7, 11) is -3.88. The van der Waals surface area contributed by atoms with Crippen LogP contribution in [0.5, 0.6) is 0 Å². The molecule has 0 saturated carbocycles. The molecule has 2 amide bonds. The van der Waals surface area contributed by atoms with Crippen molar-refractivity contribution in [2.24, 2.45) is 5.92 Å². The van der Waals surface area contributed by atoms with E-state index in [2.05, 4.69) is 10.3 Å². The average Bonchev–Trinajstić information content (AvgIpc) is 2.84. The first-order valence-electron chi connectivity index (χ1n) is 6.46. The number of carbonyl (C=O) groups is 1. The highest BCUT2D eigenvalue weighted by Gasteiger charge is 2.20. The molecule has 1 heterocycles. The fourth-order valence-electron chi connectivity index (χ4n) is 1.59. The first kappa shape index (κ1) is 15.7. The highest BCUT2D eigenvalue weighted by molar-refractivity contribution is 7.90. The van der Waals surface area contributed by atoms with Crippen LogP contribution in [0, 0.1) is 5.92 Å². The summed E-state index contributed by atoms with van der Waals surface area (Å²) in [6.45, 7) is 5.70. The van der Waals surface area contributed by atoms with Gasteiger partial charge in [0.1, 0.15) is 0 Å². The molecule has 0 radical (unpaired) electrons. The summed E-state index contributed by atoms with van der Waals surface area (Å²) in [6, 6.07) is 3.72. The van der Waals surface area contributed by atoms with E-state index < -0.39 is 16.1 Å². The van der Waals surface area contributed by atoms with E-state index in [0.29, 0.717) is 0 Å². The van der Waals surface area contributed by atoms with Gasteiger partial charge in [0.05, 0.1) is 20.6 Å². The van der Waals surface area contributed by atoms with E-state index in [9.17, 15) is 13.2 Å². The third-order valence-electron chi connectivity index (χ3n) is 3.20. The van der Waals surface area contributed by atoms with Gasteiger partial charge in [-0.3, -0.25) is 0 Å². The summed E-state index contributed by atoms with van der Waals surface area (Å²) >= 11 is 1.35. The lowest BCUT2D eigenvalue weighted by Crippen LogP contribution is -2.45. The number of nitrogens with zero attached hydrogens (tertiary/aromatic N) is 1. The van der Waals surface area contributed by atoms with E-state index in [1.54, 1.807) is 11.6 Å². The molecular formula is C13H17N3O3S2. The number of carbonyl (C=O) groups excluding carboxylic acids is 1. The Bertz CT molecular complexity index is 753. The molecule has 6 nitrogen and oxygen atoms in total. The molecule has 0 saturated heterocycles. The Labute approximate surface area is 127 Å². The number of nitrogens with one attached hydrogen (secondary N) is 2. The summed E-state index contributed by atoms with van der Waals surface area (Å²) in [5, 5.41) is 2.60. The van der Waals surface area contributed by atoms with Gasteiger partial charge in [-0.1, -0.05) is 13.8 Å². The minimum atomic E-state index is -3.88. The van der Waals surface area contributed by atoms with Gasteiger partial charge in [0, 0.05) is 6.04 Å². The smallest absolute Gasteiger partial charge is 0.328 e. The van der Waals surface area contributed by atoms with Gasteiger partial charge in [-0.05, 0) is 31.0 Å². The van der Waals surface area contributed by atoms with Crippen LogP contribution < -0.4 is 10.0 Å². The maximum atomic E-state index is 12.2. The van der Waals surface area contributed by atoms with Crippen molar-refractivity contribution >= 4 is 37.6 Å². The second-order valence-electron chi connectivity index (χ2n) is 5.09. The molecule has 0 aliphatic rings. The van der Waals surface area contributed by atoms with Crippen molar-refractivity contribution in [3.63, 3.8) is 0 Å². The molecule has 0 aliphatic heterocycles. The van der Waals surface area contributed by atoms with Crippen LogP contribution in [0.1, 0.15) is 20.8 Å². The fourth-order valence-corrected chi connectivity index (χ4v) is 3.32. The van der Waals surface area contributed by atoms with Crippen LogP contribution in [0.4, 0.5) is 4.79 Å². The molecule has 0 aliphatic carbocycles. The Morgan fingerprint density at radius 3 is 2.67 bits per heavy atom. The second kappa shape index (κ2) is 5.98. The fraction of sp³-hybridized carbons (Fsp3) is 0.385. The van der Waals surface area contributed by atoms with Gasteiger partial charge in [-0.2, -0.15) is 0 Å². The van der Waals surface area contributed by atoms with Gasteiger partial charge in [-0.15, -0.1) is 11.3 Å². The number of thiazole rings is 1. The van der Waals surface area contributed by atoms with E-state index in [-0.39, 0.29) is 16.9 Å². The lowest BCUT2D eigenvalue weighted by atomic mass is 10.1. The zero-order valence-electron chi connectivity index (χ0n) is 12.0. The van der Waals surface area contributed by atoms with E-state index >= 15 is 0 Å². The Kier molecular flexibility index (Phi) is 4.48. The Morgan fingerprint density at radius 1 is 1.29 bits per heavy atom. The summed E-state index contributed by atoms with van der Waals surface area (Å²) in [5.41, 5.74) is 2.38. The van der Waals surface area contributed by atoms with Gasteiger partial charge < -0.3 is 5.32 Å². The van der Waals surface area contributed by atoms with E-state index in [1.807, 2.05) is 25.5 Å². The Morgan fingerprint density at radius 2 is 2.00 bits per heavy atom. The molecular weight excluding hydrogens is 310 g/mol. The number of amides is 2. The van der Waals surface area contributed by atoms with Gasteiger partial charge >= 0.3 is 6.03 Å². The topological polar surface area (TPSA) is 88.2 Å². The molecule has 1 unspecified atom stereocenters. The van der Waals surface area contributed by atoms with Gasteiger partial charge in [0.25, 0.3) is 10.0 Å². The molecule has 2 N–H and O–H groups in total. The number of fused-ring (bicyclic) bond motifs is 1. The van der Waals surface area contributed by atoms with Gasteiger partial charge in [-0.25, -0.2) is 22.9 Å². The molecule has 21 heavy (non-hydrogen) atoms. The molecule has 2 aromatic rings. The highest BCUT2D eigenvalue weighted by atomic mass is 32.2. The van der Waals surface area contributed by atoms with Crippen LogP contribution in [-0.2, 0) is 10.0 Å². The molecule has 2 rings (SSSR count). The van der Waals surface area contributed by atoms with E-state index in [1.165, 1.54) is 23.5 Å². The van der Waals surface area contributed by atoms with Crippen LogP contribution in [0.15, 0.2) is 28.6 Å². The predicted molar refractivity (Wildman–Crippen MR) is 82.8 cm³/mol. The number of aromatic nitrogens is 1. The zero-order chi connectivity index (χ0) is 15.6. The van der Waals surface area contributed by atoms with Crippen molar-refractivity contribution in [1.82, 2.24) is 15.0 Å². The predicted octanol–water partition coefficient (Wildman–Crippen LogP) is 2.33. The molecule has 8 heteroatoms. The standard InChI is InChI=1S/C13H17N3O3S2/c1-8(2)9(3)15-13(17)16-21(18,19)10-4-5-11-12(6-10)20-7-14-11/h4-9H,1-3H3,(H2,15,16,17). The molecule has 0 bridgehead atoms. The summed E-state index contributed by atoms with van der Waals surface area (Å²) < 4.78 is 27.1. The van der Waals surface area contributed by atoms with Crippen molar-refractivity contribution in [3.05, 3.63) is 23.7 Å². The lowest BCUT2D eigenvalue weighted by Gasteiger charge is -2.17. The van der Waals surface area contributed by atoms with E-state index in [0.717, 1.165) is 10.2 Å². The quantitative estimate of drug-likeness (QED) is 0.902. The summed E-state index contributed by atoms with van der Waals surface area (Å²) in [5.74, 6) is 0.215. The van der Waals surface area contributed by atoms with Crippen molar-refractivity contribution in [3.8, 4) is 0 Å². The Balaban J connectivity index is 2.16. The van der Waals surface area contributed by atoms with Crippen LogP contribution in [0.2, 0.25) is 0 Å². The third kappa shape index (κ3) is 3.70. The van der Waals surface area contributed by atoms with Crippen molar-refractivity contribution in [2.75, 3.05) is 0 Å². The van der Waals surface area contributed by atoms with Crippen LogP contribution >= 0.6 is 11.3 Å². The molecule has 1 atom stereocenters. The number of benzene rings is 1. The monoisotopic (exact) mass is 327 g/mol. The normalized spacial score (nSPS) is 13.3. The number of urea groups is 1. The van der Waals surface area contributed by atoms with E-state index in [4.69, 9.17) is 0 Å². The lowest BCUT2D eigenvalue weighted by molar-refractivity contribution is 0.239. The molecule has 114 valence electrons. The van der Waals surface area contributed by atoms with Crippen molar-refractivity contribution in [2.45, 2.75) is 31.7 Å². The SMILES string of the molecule is CC(C)C(C)NC(=O)NS(=O)(=O)c1ccc2ncsc2c1. The maximum Gasteiger partial charge on any atom is 0.328 e. The van der Waals surface area contributed by atoms with Crippen molar-refractivity contribution in [1.29, 1.82) is 0 Å². The minimum absolute atomic E-state index is 0.0478. The second-order valence-corrected chi connectivity index (χ2v) is 7.66. The van der Waals surface area contributed by atoms with Crippen LogP contribution in [0.3, 0.4) is 0 Å². The molecule has 1 aromatic heterocycles. The van der Waals surface area contributed by atoms with Crippen LogP contribution in [-0.4, -0.2) is 25.5 Å². The molecule has 1 aromatic carbocycles. The van der Waals surface area contributed by atoms with Crippen molar-refractivity contribution < 1.29 is 13.2 Å².